The van der Waals surface area contributed by atoms with Gasteiger partial charge in [-0.15, -0.1) is 0 Å². The zero-order chi connectivity index (χ0) is 17.5. The summed E-state index contributed by atoms with van der Waals surface area (Å²) in [6.07, 6.45) is 1.47. The average molecular weight is 336 g/mol. The maximum atomic E-state index is 12.0. The van der Waals surface area contributed by atoms with Crippen LogP contribution >= 0.6 is 0 Å². The molecule has 3 aromatic rings. The molecule has 0 saturated heterocycles. The molecule has 1 heterocycles. The second-order valence-electron chi connectivity index (χ2n) is 5.16. The van der Waals surface area contributed by atoms with Crippen LogP contribution in [0.4, 0.5) is 0 Å². The maximum Gasteiger partial charge on any atom is 0.307 e. The topological polar surface area (TPSA) is 84.1 Å². The van der Waals surface area contributed by atoms with Crippen molar-refractivity contribution in [3.63, 3.8) is 0 Å². The molecule has 2 N–H and O–H groups in total. The molecule has 0 saturated carbocycles. The minimum atomic E-state index is -0.457. The van der Waals surface area contributed by atoms with Crippen molar-refractivity contribution < 1.29 is 19.1 Å². The predicted molar refractivity (Wildman–Crippen MR) is 92.6 cm³/mol. The number of benzene rings is 2. The van der Waals surface area contributed by atoms with Crippen LogP contribution in [0.1, 0.15) is 21.9 Å². The lowest BCUT2D eigenvalue weighted by molar-refractivity contribution is 0.0923. The van der Waals surface area contributed by atoms with Crippen molar-refractivity contribution in [2.24, 2.45) is 5.10 Å². The van der Waals surface area contributed by atoms with E-state index in [1.54, 1.807) is 24.3 Å². The minimum Gasteiger partial charge on any atom is -0.508 e. The van der Waals surface area contributed by atoms with Crippen molar-refractivity contribution >= 4 is 12.1 Å². The first kappa shape index (κ1) is 16.3. The van der Waals surface area contributed by atoms with Crippen LogP contribution in [-0.2, 0) is 6.61 Å². The summed E-state index contributed by atoms with van der Waals surface area (Å²) in [5, 5.41) is 13.1. The lowest BCUT2D eigenvalue weighted by Gasteiger charge is -2.03. The maximum absolute atomic E-state index is 12.0. The van der Waals surface area contributed by atoms with E-state index in [0.29, 0.717) is 5.76 Å². The highest BCUT2D eigenvalue weighted by atomic mass is 16.5. The number of carbonyl (C=O) groups excluding carboxylic acids is 1. The van der Waals surface area contributed by atoms with Gasteiger partial charge < -0.3 is 14.3 Å². The Labute approximate surface area is 144 Å². The molecule has 0 atom stereocenters. The third-order valence-corrected chi connectivity index (χ3v) is 3.28. The smallest absolute Gasteiger partial charge is 0.307 e. The fourth-order valence-electron chi connectivity index (χ4n) is 2.03. The zero-order valence-electron chi connectivity index (χ0n) is 13.3. The van der Waals surface area contributed by atoms with Crippen LogP contribution in [0.5, 0.6) is 11.5 Å². The Morgan fingerprint density at radius 3 is 2.60 bits per heavy atom. The number of ether oxygens (including phenoxy) is 1. The molecule has 0 aliphatic rings. The number of nitrogens with one attached hydrogen (secondary N) is 1. The van der Waals surface area contributed by atoms with E-state index >= 15 is 0 Å². The van der Waals surface area contributed by atoms with Crippen molar-refractivity contribution in [2.75, 3.05) is 0 Å². The molecule has 6 nitrogen and oxygen atoms in total. The summed E-state index contributed by atoms with van der Waals surface area (Å²) in [5.41, 5.74) is 3.13. The number of hydrazone groups is 1. The molecule has 3 rings (SSSR count). The normalized spacial score (nSPS) is 10.7. The Hall–Kier alpha value is -3.54. The zero-order valence-corrected chi connectivity index (χ0v) is 13.3. The first-order chi connectivity index (χ1) is 12.2. The molecule has 2 aromatic carbocycles. The quantitative estimate of drug-likeness (QED) is 0.534. The Kier molecular flexibility index (Phi) is 5.11. The molecule has 0 unspecified atom stereocenters. The van der Waals surface area contributed by atoms with E-state index in [0.717, 1.165) is 11.3 Å². The number of hydrogen-bond donors (Lipinski definition) is 2. The van der Waals surface area contributed by atoms with E-state index in [1.807, 2.05) is 30.3 Å². The number of carbonyl (C=O) groups is 1. The summed E-state index contributed by atoms with van der Waals surface area (Å²) in [4.78, 5) is 12.0. The first-order valence-electron chi connectivity index (χ1n) is 7.60. The summed E-state index contributed by atoms with van der Waals surface area (Å²) in [6.45, 7) is 0.230. The van der Waals surface area contributed by atoms with Crippen LogP contribution < -0.4 is 10.2 Å². The van der Waals surface area contributed by atoms with Gasteiger partial charge in [-0.2, -0.15) is 5.10 Å². The van der Waals surface area contributed by atoms with Crippen LogP contribution in [0.25, 0.3) is 0 Å². The van der Waals surface area contributed by atoms with E-state index in [-0.39, 0.29) is 18.1 Å². The fraction of sp³-hybridized carbons (Fsp3) is 0.0526. The van der Waals surface area contributed by atoms with Gasteiger partial charge in [0.15, 0.2) is 5.76 Å². The van der Waals surface area contributed by atoms with Gasteiger partial charge in [0.05, 0.1) is 6.21 Å². The van der Waals surface area contributed by atoms with Crippen molar-refractivity contribution in [1.29, 1.82) is 0 Å². The second kappa shape index (κ2) is 7.83. The Bertz CT molecular complexity index is 855. The molecule has 1 aromatic heterocycles. The van der Waals surface area contributed by atoms with E-state index in [4.69, 9.17) is 9.15 Å². The summed E-state index contributed by atoms with van der Waals surface area (Å²) >= 11 is 0. The highest BCUT2D eigenvalue weighted by molar-refractivity contribution is 5.92. The number of furan rings is 1. The molecule has 6 heteroatoms. The number of rotatable bonds is 6. The second-order valence-corrected chi connectivity index (χ2v) is 5.16. The molecular formula is C19H16N2O4. The first-order valence-corrected chi connectivity index (χ1v) is 7.60. The van der Waals surface area contributed by atoms with Crippen molar-refractivity contribution in [3.8, 4) is 11.5 Å². The number of nitrogens with zero attached hydrogens (tertiary/aromatic N) is 1. The van der Waals surface area contributed by atoms with E-state index in [2.05, 4.69) is 10.5 Å². The Morgan fingerprint density at radius 1 is 1.08 bits per heavy atom. The number of aromatic hydroxyl groups is 1. The third kappa shape index (κ3) is 4.71. The summed E-state index contributed by atoms with van der Waals surface area (Å²) in [6, 6.07) is 19.0. The average Bonchev–Trinajstić information content (AvgIpc) is 3.12. The monoisotopic (exact) mass is 336 g/mol. The summed E-state index contributed by atoms with van der Waals surface area (Å²) < 4.78 is 11.0. The number of phenols is 1. The van der Waals surface area contributed by atoms with Gasteiger partial charge in [0, 0.05) is 0 Å². The number of hydrogen-bond acceptors (Lipinski definition) is 5. The lowest BCUT2D eigenvalue weighted by Crippen LogP contribution is -2.16. The van der Waals surface area contributed by atoms with Crippen LogP contribution in [0.3, 0.4) is 0 Å². The number of para-hydroxylation sites is 1. The molecule has 25 heavy (non-hydrogen) atoms. The number of amides is 1. The van der Waals surface area contributed by atoms with Crippen molar-refractivity contribution in [1.82, 2.24) is 5.43 Å². The lowest BCUT2D eigenvalue weighted by atomic mass is 10.2. The molecule has 0 bridgehead atoms. The summed E-state index contributed by atoms with van der Waals surface area (Å²) in [5.74, 6) is 1.12. The van der Waals surface area contributed by atoms with Gasteiger partial charge in [-0.05, 0) is 54.1 Å². The molecule has 0 spiro atoms. The van der Waals surface area contributed by atoms with Gasteiger partial charge in [-0.1, -0.05) is 18.2 Å². The SMILES string of the molecule is O=C(N/N=C/c1ccc(O)cc1)c1ccc(COc2ccccc2)o1. The van der Waals surface area contributed by atoms with Crippen LogP contribution in [-0.4, -0.2) is 17.2 Å². The molecule has 0 fully saturated rings. The third-order valence-electron chi connectivity index (χ3n) is 3.28. The highest BCUT2D eigenvalue weighted by Crippen LogP contribution is 2.14. The van der Waals surface area contributed by atoms with Gasteiger partial charge in [0.2, 0.25) is 0 Å². The van der Waals surface area contributed by atoms with Crippen molar-refractivity contribution in [3.05, 3.63) is 83.8 Å². The van der Waals surface area contributed by atoms with Gasteiger partial charge >= 0.3 is 5.91 Å². The molecule has 1 amide bonds. The molecule has 0 radical (unpaired) electrons. The van der Waals surface area contributed by atoms with Gasteiger partial charge in [0.1, 0.15) is 23.9 Å². The van der Waals surface area contributed by atoms with E-state index < -0.39 is 5.91 Å². The van der Waals surface area contributed by atoms with E-state index in [9.17, 15) is 9.90 Å². The largest absolute Gasteiger partial charge is 0.508 e. The standard InChI is InChI=1S/C19H16N2O4/c22-15-8-6-14(7-9-15)12-20-21-19(23)18-11-10-17(25-18)13-24-16-4-2-1-3-5-16/h1-12,22H,13H2,(H,21,23)/b20-12+. The van der Waals surface area contributed by atoms with Crippen molar-refractivity contribution in [2.45, 2.75) is 6.61 Å². The van der Waals surface area contributed by atoms with Gasteiger partial charge in [-0.25, -0.2) is 5.43 Å². The number of phenolic OH excluding ortho intramolecular Hbond substituents is 1. The molecule has 0 aliphatic carbocycles. The Morgan fingerprint density at radius 2 is 1.84 bits per heavy atom. The van der Waals surface area contributed by atoms with Crippen LogP contribution in [0, 0.1) is 0 Å². The van der Waals surface area contributed by atoms with E-state index in [1.165, 1.54) is 18.3 Å². The Balaban J connectivity index is 1.52. The van der Waals surface area contributed by atoms with Gasteiger partial charge in [-0.3, -0.25) is 4.79 Å². The van der Waals surface area contributed by atoms with Crippen LogP contribution in [0.15, 0.2) is 76.2 Å². The predicted octanol–water partition coefficient (Wildman–Crippen LogP) is 3.33. The fourth-order valence-corrected chi connectivity index (χ4v) is 2.03. The van der Waals surface area contributed by atoms with Crippen LogP contribution in [0.2, 0.25) is 0 Å². The molecular weight excluding hydrogens is 320 g/mol. The highest BCUT2D eigenvalue weighted by Gasteiger charge is 2.10. The molecule has 0 aliphatic heterocycles. The molecule has 126 valence electrons. The summed E-state index contributed by atoms with van der Waals surface area (Å²) in [7, 11) is 0. The van der Waals surface area contributed by atoms with Gasteiger partial charge in [0.25, 0.3) is 0 Å². The minimum absolute atomic E-state index is 0.148.